The van der Waals surface area contributed by atoms with E-state index in [1.54, 1.807) is 0 Å². The van der Waals surface area contributed by atoms with Crippen molar-refractivity contribution in [1.82, 2.24) is 0 Å². The Labute approximate surface area is 142 Å². The molecule has 1 aliphatic carbocycles. The summed E-state index contributed by atoms with van der Waals surface area (Å²) in [5.74, 6) is 0.428. The molecule has 0 aromatic heterocycles. The van der Waals surface area contributed by atoms with Gasteiger partial charge in [0.05, 0.1) is 26.4 Å². The maximum atomic E-state index is 5.91. The van der Waals surface area contributed by atoms with Crippen LogP contribution in [0.5, 0.6) is 0 Å². The van der Waals surface area contributed by atoms with E-state index in [4.69, 9.17) is 15.2 Å². The van der Waals surface area contributed by atoms with Gasteiger partial charge in [0.25, 0.3) is 0 Å². The molecule has 0 saturated carbocycles. The van der Waals surface area contributed by atoms with Crippen LogP contribution >= 0.6 is 24.0 Å². The lowest BCUT2D eigenvalue weighted by Crippen LogP contribution is -2.32. The van der Waals surface area contributed by atoms with Gasteiger partial charge >= 0.3 is 0 Å². The molecule has 1 unspecified atom stereocenters. The van der Waals surface area contributed by atoms with Gasteiger partial charge in [-0.1, -0.05) is 6.07 Å². The minimum absolute atomic E-state index is 0. The van der Waals surface area contributed by atoms with Crippen molar-refractivity contribution in [2.24, 2.45) is 10.7 Å². The third-order valence-corrected chi connectivity index (χ3v) is 3.72. The van der Waals surface area contributed by atoms with Gasteiger partial charge in [-0.05, 0) is 42.5 Å². The lowest BCUT2D eigenvalue weighted by Gasteiger charge is -2.21. The molecule has 2 aliphatic rings. The van der Waals surface area contributed by atoms with Crippen LogP contribution in [0.2, 0.25) is 0 Å². The first-order valence-electron chi connectivity index (χ1n) is 7.19. The van der Waals surface area contributed by atoms with Crippen LogP contribution in [-0.2, 0) is 22.3 Å². The molecule has 116 valence electrons. The Morgan fingerprint density at radius 3 is 2.95 bits per heavy atom. The molecule has 1 aromatic rings. The molecule has 0 amide bonds. The van der Waals surface area contributed by atoms with Crippen LogP contribution < -0.4 is 11.1 Å². The highest BCUT2D eigenvalue weighted by Crippen LogP contribution is 2.24. The predicted octanol–water partition coefficient (Wildman–Crippen LogP) is 1.94. The second kappa shape index (κ2) is 7.95. The fraction of sp³-hybridized carbons (Fsp3) is 0.533. The lowest BCUT2D eigenvalue weighted by atomic mass is 10.1. The number of anilines is 1. The summed E-state index contributed by atoms with van der Waals surface area (Å²) in [7, 11) is 0. The third-order valence-electron chi connectivity index (χ3n) is 3.72. The molecule has 1 atom stereocenters. The van der Waals surface area contributed by atoms with Crippen LogP contribution in [0, 0.1) is 0 Å². The molecule has 1 saturated heterocycles. The second-order valence-electron chi connectivity index (χ2n) is 5.26. The van der Waals surface area contributed by atoms with E-state index in [0.717, 1.165) is 12.1 Å². The number of guanidine groups is 1. The van der Waals surface area contributed by atoms with E-state index in [-0.39, 0.29) is 30.1 Å². The van der Waals surface area contributed by atoms with Gasteiger partial charge in [-0.15, -0.1) is 24.0 Å². The quantitative estimate of drug-likeness (QED) is 0.460. The zero-order valence-corrected chi connectivity index (χ0v) is 14.3. The predicted molar refractivity (Wildman–Crippen MR) is 94.6 cm³/mol. The standard InChI is InChI=1S/C15H21N3O2.HI/c16-15(17-9-14-10-19-6-7-20-14)18-13-5-4-11-2-1-3-12(11)8-13;/h4-5,8,14H,1-3,6-7,9-10H2,(H3,16,17,18);1H. The Kier molecular flexibility index (Phi) is 6.25. The summed E-state index contributed by atoms with van der Waals surface area (Å²) in [5.41, 5.74) is 9.80. The molecule has 0 bridgehead atoms. The summed E-state index contributed by atoms with van der Waals surface area (Å²) in [6.07, 6.45) is 3.62. The SMILES string of the molecule is I.NC(=NCC1COCCO1)Nc1ccc2c(c1)CCC2. The average Bonchev–Trinajstić information content (AvgIpc) is 2.94. The van der Waals surface area contributed by atoms with E-state index < -0.39 is 0 Å². The van der Waals surface area contributed by atoms with Crippen molar-refractivity contribution in [2.45, 2.75) is 25.4 Å². The van der Waals surface area contributed by atoms with Crippen LogP contribution in [0.1, 0.15) is 17.5 Å². The molecule has 3 N–H and O–H groups in total. The van der Waals surface area contributed by atoms with Crippen molar-refractivity contribution in [3.63, 3.8) is 0 Å². The smallest absolute Gasteiger partial charge is 0.193 e. The molecule has 1 aromatic carbocycles. The van der Waals surface area contributed by atoms with Crippen LogP contribution in [0.15, 0.2) is 23.2 Å². The third kappa shape index (κ3) is 4.55. The number of benzene rings is 1. The highest BCUT2D eigenvalue weighted by atomic mass is 127. The summed E-state index contributed by atoms with van der Waals surface area (Å²) in [4.78, 5) is 4.31. The molecule has 3 rings (SSSR count). The average molecular weight is 403 g/mol. The number of hydrogen-bond acceptors (Lipinski definition) is 3. The van der Waals surface area contributed by atoms with Gasteiger partial charge in [0.15, 0.2) is 5.96 Å². The van der Waals surface area contributed by atoms with Gasteiger partial charge in [-0.25, -0.2) is 0 Å². The lowest BCUT2D eigenvalue weighted by molar-refractivity contribution is -0.0832. The number of aliphatic imine (C=N–C) groups is 1. The number of aryl methyl sites for hydroxylation is 2. The number of hydrogen-bond donors (Lipinski definition) is 2. The zero-order valence-electron chi connectivity index (χ0n) is 12.0. The Morgan fingerprint density at radius 1 is 1.29 bits per heavy atom. The maximum Gasteiger partial charge on any atom is 0.193 e. The molecule has 1 aliphatic heterocycles. The Morgan fingerprint density at radius 2 is 2.14 bits per heavy atom. The highest BCUT2D eigenvalue weighted by Gasteiger charge is 2.14. The van der Waals surface area contributed by atoms with Gasteiger partial charge in [-0.3, -0.25) is 4.99 Å². The molecular formula is C15H22IN3O2. The van der Waals surface area contributed by atoms with Crippen molar-refractivity contribution in [1.29, 1.82) is 0 Å². The van der Waals surface area contributed by atoms with Gasteiger partial charge in [0, 0.05) is 5.69 Å². The summed E-state index contributed by atoms with van der Waals surface area (Å²) in [6.45, 7) is 2.43. The minimum Gasteiger partial charge on any atom is -0.376 e. The van der Waals surface area contributed by atoms with Crippen molar-refractivity contribution in [3.8, 4) is 0 Å². The number of nitrogens with zero attached hydrogens (tertiary/aromatic N) is 1. The summed E-state index contributed by atoms with van der Waals surface area (Å²) >= 11 is 0. The van der Waals surface area contributed by atoms with Crippen molar-refractivity contribution < 1.29 is 9.47 Å². The van der Waals surface area contributed by atoms with E-state index in [0.29, 0.717) is 32.3 Å². The zero-order chi connectivity index (χ0) is 13.8. The molecule has 5 nitrogen and oxygen atoms in total. The van der Waals surface area contributed by atoms with E-state index in [1.807, 2.05) is 0 Å². The summed E-state index contributed by atoms with van der Waals surface area (Å²) < 4.78 is 10.9. The topological polar surface area (TPSA) is 68.9 Å². The fourth-order valence-corrected chi connectivity index (χ4v) is 2.68. The van der Waals surface area contributed by atoms with Crippen LogP contribution in [0.25, 0.3) is 0 Å². The molecular weight excluding hydrogens is 381 g/mol. The van der Waals surface area contributed by atoms with E-state index in [1.165, 1.54) is 24.0 Å². The second-order valence-corrected chi connectivity index (χ2v) is 5.26. The monoisotopic (exact) mass is 403 g/mol. The number of rotatable bonds is 3. The van der Waals surface area contributed by atoms with E-state index in [2.05, 4.69) is 28.5 Å². The number of halogens is 1. The first-order valence-corrected chi connectivity index (χ1v) is 7.19. The maximum absolute atomic E-state index is 5.91. The van der Waals surface area contributed by atoms with Crippen LogP contribution in [0.3, 0.4) is 0 Å². The summed E-state index contributed by atoms with van der Waals surface area (Å²) in [6, 6.07) is 6.41. The molecule has 0 radical (unpaired) electrons. The van der Waals surface area contributed by atoms with Gasteiger partial charge in [0.2, 0.25) is 0 Å². The number of nitrogens with two attached hydrogens (primary N) is 1. The molecule has 1 fully saturated rings. The molecule has 21 heavy (non-hydrogen) atoms. The highest BCUT2D eigenvalue weighted by molar-refractivity contribution is 14.0. The minimum atomic E-state index is 0. The Balaban J connectivity index is 0.00000161. The first-order chi connectivity index (χ1) is 9.81. The Bertz CT molecular complexity index is 502. The van der Waals surface area contributed by atoms with E-state index in [9.17, 15) is 0 Å². The largest absolute Gasteiger partial charge is 0.376 e. The fourth-order valence-electron chi connectivity index (χ4n) is 2.68. The van der Waals surface area contributed by atoms with Crippen LogP contribution in [-0.4, -0.2) is 38.4 Å². The van der Waals surface area contributed by atoms with Crippen molar-refractivity contribution in [2.75, 3.05) is 31.7 Å². The van der Waals surface area contributed by atoms with Crippen LogP contribution in [0.4, 0.5) is 5.69 Å². The molecule has 6 heteroatoms. The Hall–Kier alpha value is -0.860. The van der Waals surface area contributed by atoms with Crippen molar-refractivity contribution in [3.05, 3.63) is 29.3 Å². The number of fused-ring (bicyclic) bond motifs is 1. The molecule has 0 spiro atoms. The van der Waals surface area contributed by atoms with Crippen molar-refractivity contribution >= 4 is 35.6 Å². The molecule has 1 heterocycles. The number of ether oxygens (including phenoxy) is 2. The van der Waals surface area contributed by atoms with E-state index >= 15 is 0 Å². The summed E-state index contributed by atoms with van der Waals surface area (Å²) in [5, 5.41) is 3.14. The normalized spacial score (nSPS) is 21.5. The van der Waals surface area contributed by atoms with Gasteiger partial charge in [0.1, 0.15) is 6.10 Å². The van der Waals surface area contributed by atoms with Gasteiger partial charge in [-0.2, -0.15) is 0 Å². The number of nitrogens with one attached hydrogen (secondary N) is 1. The first kappa shape index (κ1) is 16.5. The van der Waals surface area contributed by atoms with Gasteiger partial charge < -0.3 is 20.5 Å².